The Morgan fingerprint density at radius 2 is 2.13 bits per heavy atom. The van der Waals surface area contributed by atoms with Gasteiger partial charge >= 0.3 is 5.63 Å². The van der Waals surface area contributed by atoms with Gasteiger partial charge in [-0.1, -0.05) is 12.1 Å². The number of H-pyrrole nitrogens is 1. The molecule has 0 amide bonds. The third-order valence-corrected chi connectivity index (χ3v) is 3.45. The average molecular weight is 217 g/mol. The third-order valence-electron chi connectivity index (χ3n) is 2.37. The molecule has 1 N–H and O–H groups in total. The number of aryl methyl sites for hydroxylation is 1. The first-order chi connectivity index (χ1) is 7.25. The fourth-order valence-electron chi connectivity index (χ4n) is 1.74. The first-order valence-electron chi connectivity index (χ1n) is 4.64. The predicted molar refractivity (Wildman–Crippen MR) is 61.6 cm³/mol. The summed E-state index contributed by atoms with van der Waals surface area (Å²) in [6.45, 7) is 1.97. The second kappa shape index (κ2) is 2.94. The second-order valence-corrected chi connectivity index (χ2v) is 4.77. The van der Waals surface area contributed by atoms with Gasteiger partial charge in [-0.05, 0) is 27.2 Å². The van der Waals surface area contributed by atoms with E-state index in [0.717, 1.165) is 24.5 Å². The summed E-state index contributed by atoms with van der Waals surface area (Å²) in [4.78, 5) is 14.9. The van der Waals surface area contributed by atoms with Gasteiger partial charge < -0.3 is 9.40 Å². The quantitative estimate of drug-likeness (QED) is 0.588. The highest BCUT2D eigenvalue weighted by Crippen LogP contribution is 2.28. The van der Waals surface area contributed by atoms with E-state index in [9.17, 15) is 4.79 Å². The monoisotopic (exact) mass is 217 g/mol. The fourth-order valence-corrected chi connectivity index (χ4v) is 2.67. The van der Waals surface area contributed by atoms with Crippen molar-refractivity contribution in [2.24, 2.45) is 0 Å². The molecule has 3 nitrogen and oxygen atoms in total. The van der Waals surface area contributed by atoms with E-state index in [4.69, 9.17) is 4.42 Å². The molecule has 3 rings (SSSR count). The number of aromatic amines is 1. The van der Waals surface area contributed by atoms with E-state index in [-0.39, 0.29) is 5.63 Å². The Hall–Kier alpha value is -1.60. The Morgan fingerprint density at radius 1 is 1.33 bits per heavy atom. The molecule has 0 bridgehead atoms. The van der Waals surface area contributed by atoms with Crippen molar-refractivity contribution < 1.29 is 4.42 Å². The van der Waals surface area contributed by atoms with Crippen LogP contribution in [-0.2, 0) is 0 Å². The van der Waals surface area contributed by atoms with Gasteiger partial charge in [-0.2, -0.15) is 0 Å². The molecule has 0 radical (unpaired) electrons. The molecule has 15 heavy (non-hydrogen) atoms. The van der Waals surface area contributed by atoms with Crippen LogP contribution in [0.25, 0.3) is 21.6 Å². The zero-order valence-electron chi connectivity index (χ0n) is 8.07. The largest absolute Gasteiger partial charge is 0.422 e. The van der Waals surface area contributed by atoms with Crippen LogP contribution in [0.2, 0.25) is 0 Å². The maximum atomic E-state index is 11.6. The van der Waals surface area contributed by atoms with E-state index >= 15 is 0 Å². The summed E-state index contributed by atoms with van der Waals surface area (Å²) in [6, 6.07) is 7.57. The minimum Gasteiger partial charge on any atom is -0.422 e. The van der Waals surface area contributed by atoms with Crippen LogP contribution in [0.5, 0.6) is 0 Å². The molecule has 3 aromatic rings. The number of fused-ring (bicyclic) bond motifs is 3. The summed E-state index contributed by atoms with van der Waals surface area (Å²) in [5.74, 6) is 0. The van der Waals surface area contributed by atoms with Gasteiger partial charge in [0.05, 0.1) is 5.52 Å². The lowest BCUT2D eigenvalue weighted by Crippen LogP contribution is -1.96. The van der Waals surface area contributed by atoms with Gasteiger partial charge in [-0.25, -0.2) is 4.79 Å². The van der Waals surface area contributed by atoms with Crippen LogP contribution in [0.1, 0.15) is 5.43 Å². The van der Waals surface area contributed by atoms with Crippen molar-refractivity contribution in [3.8, 4) is 0 Å². The zero-order chi connectivity index (χ0) is 10.4. The Balaban J connectivity index is 2.69. The molecule has 0 aliphatic heterocycles. The molecular weight excluding hydrogens is 209 g/mol. The first-order valence-corrected chi connectivity index (χ1v) is 5.53. The number of benzene rings is 1. The van der Waals surface area contributed by atoms with Crippen LogP contribution in [0.3, 0.4) is 0 Å². The van der Waals surface area contributed by atoms with E-state index in [0.29, 0.717) is 10.7 Å². The summed E-state index contributed by atoms with van der Waals surface area (Å²) in [5, 5.41) is 1.68. The minimum absolute atomic E-state index is 0.241. The van der Waals surface area contributed by atoms with Crippen molar-refractivity contribution >= 4 is 29.8 Å². The molecule has 0 unspecified atom stereocenters. The van der Waals surface area contributed by atoms with E-state index < -0.39 is 0 Å². The van der Waals surface area contributed by atoms with Crippen molar-refractivity contribution in [3.63, 3.8) is 0 Å². The molecule has 0 saturated heterocycles. The summed E-state index contributed by atoms with van der Waals surface area (Å²) in [5.41, 5.74) is 2.36. The number of rotatable bonds is 0. The topological polar surface area (TPSA) is 46.0 Å². The summed E-state index contributed by atoms with van der Waals surface area (Å²) < 4.78 is 5.24. The van der Waals surface area contributed by atoms with Crippen LogP contribution in [0.4, 0.5) is 0 Å². The molecule has 2 aromatic heterocycles. The second-order valence-electron chi connectivity index (χ2n) is 3.43. The van der Waals surface area contributed by atoms with Crippen LogP contribution in [0.15, 0.2) is 33.5 Å². The lowest BCUT2D eigenvalue weighted by molar-refractivity contribution is 0.570. The third kappa shape index (κ3) is 1.20. The highest BCUT2D eigenvalue weighted by molar-refractivity contribution is 7.37. The maximum Gasteiger partial charge on any atom is 0.350 e. The van der Waals surface area contributed by atoms with Crippen molar-refractivity contribution in [2.75, 3.05) is 0 Å². The number of hydrogen-bond acceptors (Lipinski definition) is 2. The maximum absolute atomic E-state index is 11.6. The van der Waals surface area contributed by atoms with Crippen LogP contribution in [0, 0.1) is 6.92 Å². The van der Waals surface area contributed by atoms with Crippen LogP contribution < -0.4 is 5.63 Å². The molecule has 0 aliphatic carbocycles. The first kappa shape index (κ1) is 8.69. The minimum atomic E-state index is -0.241. The standard InChI is InChI=1S/C11H8NO2P/c1-6-12-9-7-4-2-3-5-8(7)14-11(13)10(9)15-6/h2-5,12H,1H3. The zero-order valence-corrected chi connectivity index (χ0v) is 8.97. The normalized spacial score (nSPS) is 11.8. The van der Waals surface area contributed by atoms with Gasteiger partial charge in [-0.3, -0.25) is 0 Å². The Kier molecular flexibility index (Phi) is 1.70. The average Bonchev–Trinajstić information content (AvgIpc) is 2.61. The van der Waals surface area contributed by atoms with Crippen molar-refractivity contribution in [3.05, 3.63) is 40.1 Å². The van der Waals surface area contributed by atoms with Crippen molar-refractivity contribution in [2.45, 2.75) is 6.92 Å². The van der Waals surface area contributed by atoms with E-state index in [1.54, 1.807) is 0 Å². The molecule has 0 atom stereocenters. The van der Waals surface area contributed by atoms with Gasteiger partial charge in [0.15, 0.2) is 0 Å². The van der Waals surface area contributed by atoms with Gasteiger partial charge in [-0.15, -0.1) is 0 Å². The molecule has 0 aliphatic rings. The van der Waals surface area contributed by atoms with E-state index in [1.165, 1.54) is 0 Å². The van der Waals surface area contributed by atoms with Gasteiger partial charge in [0.2, 0.25) is 0 Å². The smallest absolute Gasteiger partial charge is 0.350 e. The van der Waals surface area contributed by atoms with E-state index in [1.807, 2.05) is 31.2 Å². The lowest BCUT2D eigenvalue weighted by Gasteiger charge is -1.96. The Labute approximate surface area is 86.8 Å². The summed E-state index contributed by atoms with van der Waals surface area (Å²) >= 11 is 0. The Morgan fingerprint density at radius 3 is 3.00 bits per heavy atom. The summed E-state index contributed by atoms with van der Waals surface area (Å²) in [6.07, 6.45) is 0. The highest BCUT2D eigenvalue weighted by Gasteiger charge is 2.08. The number of hydrogen-bond donors (Lipinski definition) is 1. The molecule has 0 spiro atoms. The molecular formula is C11H8NO2P. The van der Waals surface area contributed by atoms with Crippen molar-refractivity contribution in [1.29, 1.82) is 0 Å². The van der Waals surface area contributed by atoms with E-state index in [2.05, 4.69) is 4.98 Å². The molecule has 74 valence electrons. The number of nitrogens with one attached hydrogen (secondary N) is 1. The molecule has 1 aromatic carbocycles. The van der Waals surface area contributed by atoms with Gasteiger partial charge in [0.1, 0.15) is 10.7 Å². The Bertz CT molecular complexity index is 711. The van der Waals surface area contributed by atoms with Gasteiger partial charge in [0.25, 0.3) is 0 Å². The van der Waals surface area contributed by atoms with Crippen LogP contribution >= 0.6 is 8.19 Å². The lowest BCUT2D eigenvalue weighted by atomic mass is 10.2. The van der Waals surface area contributed by atoms with Crippen LogP contribution in [-0.4, -0.2) is 4.98 Å². The van der Waals surface area contributed by atoms with Gasteiger partial charge in [0, 0.05) is 10.8 Å². The molecule has 0 fully saturated rings. The predicted octanol–water partition coefficient (Wildman–Crippen LogP) is 3.16. The molecule has 4 heteroatoms. The highest BCUT2D eigenvalue weighted by atomic mass is 31.0. The SMILES string of the molecule is Cc1[nH]c2c(p1)c(=O)oc1ccccc12. The van der Waals surface area contributed by atoms with Crippen molar-refractivity contribution in [1.82, 2.24) is 4.98 Å². The molecule has 2 heterocycles. The number of aromatic nitrogens is 1. The fraction of sp³-hybridized carbons (Fsp3) is 0.0909. The number of para-hydroxylation sites is 1. The summed E-state index contributed by atoms with van der Waals surface area (Å²) in [7, 11) is 0.923. The molecule has 0 saturated carbocycles.